The highest BCUT2D eigenvalue weighted by atomic mass is 35.5. The van der Waals surface area contributed by atoms with Crippen molar-refractivity contribution in [1.29, 1.82) is 0 Å². The lowest BCUT2D eigenvalue weighted by molar-refractivity contribution is -0.121. The second-order valence-electron chi connectivity index (χ2n) is 6.83. The molecule has 146 valence electrons. The van der Waals surface area contributed by atoms with Crippen molar-refractivity contribution in [1.82, 2.24) is 15.1 Å². The molecule has 9 heteroatoms. The molecule has 0 bridgehead atoms. The quantitative estimate of drug-likeness (QED) is 0.490. The molecule has 2 heterocycles. The number of amides is 1. The van der Waals surface area contributed by atoms with Crippen LogP contribution in [0.4, 0.5) is 5.13 Å². The van der Waals surface area contributed by atoms with E-state index in [0.29, 0.717) is 20.4 Å². The Kier molecular flexibility index (Phi) is 7.39. The molecule has 1 aliphatic rings. The lowest BCUT2D eigenvalue weighted by Gasteiger charge is -2.31. The van der Waals surface area contributed by atoms with Crippen LogP contribution in [0.1, 0.15) is 32.3 Å². The van der Waals surface area contributed by atoms with Crippen LogP contribution in [0.25, 0.3) is 0 Å². The van der Waals surface area contributed by atoms with Gasteiger partial charge in [-0.25, -0.2) is 0 Å². The van der Waals surface area contributed by atoms with Gasteiger partial charge >= 0.3 is 0 Å². The number of nitrogens with one attached hydrogen (secondary N) is 1. The predicted octanol–water partition coefficient (Wildman–Crippen LogP) is 5.20. The molecule has 1 saturated heterocycles. The lowest BCUT2D eigenvalue weighted by atomic mass is 9.95. The topological polar surface area (TPSA) is 58.1 Å². The van der Waals surface area contributed by atoms with Gasteiger partial charge in [-0.2, -0.15) is 0 Å². The Morgan fingerprint density at radius 3 is 2.70 bits per heavy atom. The third-order valence-electron chi connectivity index (χ3n) is 4.32. The fourth-order valence-corrected chi connectivity index (χ4v) is 5.27. The Labute approximate surface area is 177 Å². The minimum Gasteiger partial charge on any atom is -0.300 e. The van der Waals surface area contributed by atoms with E-state index in [-0.39, 0.29) is 11.8 Å². The second-order valence-corrected chi connectivity index (χ2v) is 10.4. The first-order chi connectivity index (χ1) is 12.9. The number of hydrogen-bond acceptors (Lipinski definition) is 6. The highest BCUT2D eigenvalue weighted by Gasteiger charge is 2.26. The zero-order valence-corrected chi connectivity index (χ0v) is 18.4. The largest absolute Gasteiger partial charge is 0.300 e. The van der Waals surface area contributed by atoms with E-state index in [9.17, 15) is 4.79 Å². The van der Waals surface area contributed by atoms with Crippen molar-refractivity contribution in [3.63, 3.8) is 0 Å². The van der Waals surface area contributed by atoms with E-state index in [1.54, 1.807) is 11.8 Å². The Morgan fingerprint density at radius 2 is 2.04 bits per heavy atom. The summed E-state index contributed by atoms with van der Waals surface area (Å²) in [5.74, 6) is 0.0570. The molecule has 0 aliphatic carbocycles. The van der Waals surface area contributed by atoms with Gasteiger partial charge in [0.05, 0.1) is 10.0 Å². The first-order valence-electron chi connectivity index (χ1n) is 8.88. The number of aromatic nitrogens is 2. The van der Waals surface area contributed by atoms with Crippen molar-refractivity contribution in [3.05, 3.63) is 33.8 Å². The van der Waals surface area contributed by atoms with Crippen molar-refractivity contribution in [2.75, 3.05) is 18.4 Å². The molecule has 2 aromatic rings. The standard InChI is InChI=1S/C18H22Cl2N4OS2/c1-11(2)26-18-23-22-17(27-18)21-16(25)13-5-7-24(8-6-13)10-12-3-4-14(19)15(20)9-12/h3-4,9,11,13H,5-8,10H2,1-2H3,(H,21,22,25). The number of thioether (sulfide) groups is 1. The van der Waals surface area contributed by atoms with Crippen LogP contribution in [-0.4, -0.2) is 39.3 Å². The van der Waals surface area contributed by atoms with Crippen LogP contribution >= 0.6 is 46.3 Å². The van der Waals surface area contributed by atoms with Gasteiger partial charge in [0.2, 0.25) is 11.0 Å². The van der Waals surface area contributed by atoms with Crippen LogP contribution in [0.5, 0.6) is 0 Å². The van der Waals surface area contributed by atoms with Gasteiger partial charge in [0.1, 0.15) is 0 Å². The number of piperidine rings is 1. The zero-order valence-electron chi connectivity index (χ0n) is 15.2. The lowest BCUT2D eigenvalue weighted by Crippen LogP contribution is -2.37. The van der Waals surface area contributed by atoms with Crippen LogP contribution in [0, 0.1) is 5.92 Å². The van der Waals surface area contributed by atoms with E-state index in [0.717, 1.165) is 42.4 Å². The number of anilines is 1. The number of nitrogens with zero attached hydrogens (tertiary/aromatic N) is 3. The molecule has 3 rings (SSSR count). The summed E-state index contributed by atoms with van der Waals surface area (Å²) in [6, 6.07) is 5.73. The predicted molar refractivity (Wildman–Crippen MR) is 114 cm³/mol. The molecule has 27 heavy (non-hydrogen) atoms. The monoisotopic (exact) mass is 444 g/mol. The van der Waals surface area contributed by atoms with E-state index in [2.05, 4.69) is 34.3 Å². The fraction of sp³-hybridized carbons (Fsp3) is 0.500. The molecule has 1 aromatic heterocycles. The Hall–Kier alpha value is -0.860. The molecular formula is C18H22Cl2N4OS2. The van der Waals surface area contributed by atoms with Gasteiger partial charge in [-0.15, -0.1) is 10.2 Å². The summed E-state index contributed by atoms with van der Waals surface area (Å²) in [5, 5.41) is 13.3. The van der Waals surface area contributed by atoms with Crippen molar-refractivity contribution >= 4 is 57.3 Å². The number of carbonyl (C=O) groups is 1. The number of rotatable bonds is 6. The van der Waals surface area contributed by atoms with Crippen LogP contribution in [-0.2, 0) is 11.3 Å². The Bertz CT molecular complexity index is 791. The van der Waals surface area contributed by atoms with Gasteiger partial charge < -0.3 is 5.32 Å². The molecule has 1 N–H and O–H groups in total. The normalized spacial score (nSPS) is 16.0. The van der Waals surface area contributed by atoms with E-state index < -0.39 is 0 Å². The summed E-state index contributed by atoms with van der Waals surface area (Å²) in [7, 11) is 0. The van der Waals surface area contributed by atoms with Crippen LogP contribution in [0.3, 0.4) is 0 Å². The minimum atomic E-state index is 0.0140. The van der Waals surface area contributed by atoms with Crippen molar-refractivity contribution in [2.24, 2.45) is 5.92 Å². The minimum absolute atomic E-state index is 0.0140. The van der Waals surface area contributed by atoms with Gasteiger partial charge in [0, 0.05) is 17.7 Å². The SMILES string of the molecule is CC(C)Sc1nnc(NC(=O)C2CCN(Cc3ccc(Cl)c(Cl)c3)CC2)s1. The molecule has 1 amide bonds. The second kappa shape index (κ2) is 9.56. The molecule has 1 fully saturated rings. The summed E-state index contributed by atoms with van der Waals surface area (Å²) in [5.41, 5.74) is 1.14. The highest BCUT2D eigenvalue weighted by Crippen LogP contribution is 2.29. The summed E-state index contributed by atoms with van der Waals surface area (Å²) < 4.78 is 0.886. The van der Waals surface area contributed by atoms with Crippen LogP contribution in [0.15, 0.2) is 22.5 Å². The summed E-state index contributed by atoms with van der Waals surface area (Å²) >= 11 is 15.1. The summed E-state index contributed by atoms with van der Waals surface area (Å²) in [6.45, 7) is 6.79. The smallest absolute Gasteiger partial charge is 0.229 e. The van der Waals surface area contributed by atoms with E-state index in [4.69, 9.17) is 23.2 Å². The third kappa shape index (κ3) is 6.06. The van der Waals surface area contributed by atoms with Crippen molar-refractivity contribution in [3.8, 4) is 0 Å². The number of hydrogen-bond donors (Lipinski definition) is 1. The average Bonchev–Trinajstić information content (AvgIpc) is 3.05. The first kappa shape index (κ1) is 20.9. The third-order valence-corrected chi connectivity index (χ3v) is 6.99. The molecule has 5 nitrogen and oxygen atoms in total. The maximum atomic E-state index is 12.5. The summed E-state index contributed by atoms with van der Waals surface area (Å²) in [6.07, 6.45) is 1.67. The highest BCUT2D eigenvalue weighted by molar-refractivity contribution is 8.01. The van der Waals surface area contributed by atoms with E-state index >= 15 is 0 Å². The van der Waals surface area contributed by atoms with Gasteiger partial charge in [-0.1, -0.05) is 66.2 Å². The number of carbonyl (C=O) groups excluding carboxylic acids is 1. The average molecular weight is 445 g/mol. The van der Waals surface area contributed by atoms with Crippen molar-refractivity contribution < 1.29 is 4.79 Å². The Balaban J connectivity index is 1.47. The molecule has 0 spiro atoms. The molecule has 1 aliphatic heterocycles. The van der Waals surface area contributed by atoms with Crippen LogP contribution in [0.2, 0.25) is 10.0 Å². The van der Waals surface area contributed by atoms with Gasteiger partial charge in [-0.05, 0) is 43.6 Å². The molecule has 0 radical (unpaired) electrons. The molecule has 0 unspecified atom stereocenters. The van der Waals surface area contributed by atoms with E-state index in [1.165, 1.54) is 11.3 Å². The van der Waals surface area contributed by atoms with Crippen molar-refractivity contribution in [2.45, 2.75) is 42.8 Å². The van der Waals surface area contributed by atoms with Gasteiger partial charge in [-0.3, -0.25) is 9.69 Å². The van der Waals surface area contributed by atoms with Crippen LogP contribution < -0.4 is 5.32 Å². The van der Waals surface area contributed by atoms with Gasteiger partial charge in [0.25, 0.3) is 0 Å². The first-order valence-corrected chi connectivity index (χ1v) is 11.3. The maximum Gasteiger partial charge on any atom is 0.229 e. The maximum absolute atomic E-state index is 12.5. The number of benzene rings is 1. The summed E-state index contributed by atoms with van der Waals surface area (Å²) in [4.78, 5) is 14.9. The molecule has 1 aromatic carbocycles. The number of halogens is 2. The van der Waals surface area contributed by atoms with Gasteiger partial charge in [0.15, 0.2) is 4.34 Å². The molecule has 0 saturated carbocycles. The molecular weight excluding hydrogens is 423 g/mol. The fourth-order valence-electron chi connectivity index (χ4n) is 2.97. The Morgan fingerprint density at radius 1 is 1.30 bits per heavy atom. The zero-order chi connectivity index (χ0) is 19.4. The van der Waals surface area contributed by atoms with E-state index in [1.807, 2.05) is 18.2 Å². The molecule has 0 atom stereocenters. The number of likely N-dealkylation sites (tertiary alicyclic amines) is 1.